The first-order valence-electron chi connectivity index (χ1n) is 8.14. The molecule has 8 nitrogen and oxygen atoms in total. The van der Waals surface area contributed by atoms with Crippen LogP contribution in [0.4, 0.5) is 4.39 Å². The summed E-state index contributed by atoms with van der Waals surface area (Å²) in [5.74, 6) is 0.0697. The van der Waals surface area contributed by atoms with Crippen molar-refractivity contribution in [3.05, 3.63) is 78.2 Å². The zero-order valence-electron chi connectivity index (χ0n) is 14.8. The standard InChI is InChI=1S/C18H16FN3O5S2/c19-14-2-1-3-15(10-14)27-18-9-4-13(11-21-18)12-22-29(25,26)17-7-5-16(6-8-17)28(20,23)24/h1-11,22H,12H2,(H2,20,23,24). The molecule has 0 unspecified atom stereocenters. The average Bonchev–Trinajstić information content (AvgIpc) is 2.67. The number of hydrogen-bond donors (Lipinski definition) is 2. The Hall–Kier alpha value is -2.86. The SMILES string of the molecule is NS(=O)(=O)c1ccc(S(=O)(=O)NCc2ccc(Oc3cccc(F)c3)nc2)cc1. The van der Waals surface area contributed by atoms with Gasteiger partial charge in [-0.05, 0) is 42.0 Å². The van der Waals surface area contributed by atoms with E-state index in [9.17, 15) is 21.2 Å². The molecule has 0 aliphatic heterocycles. The Morgan fingerprint density at radius 1 is 0.966 bits per heavy atom. The number of nitrogens with two attached hydrogens (primary N) is 1. The molecule has 3 rings (SSSR count). The highest BCUT2D eigenvalue weighted by Crippen LogP contribution is 2.20. The van der Waals surface area contributed by atoms with Gasteiger partial charge in [-0.3, -0.25) is 0 Å². The molecule has 152 valence electrons. The second kappa shape index (κ2) is 8.25. The summed E-state index contributed by atoms with van der Waals surface area (Å²) >= 11 is 0. The third-order valence-electron chi connectivity index (χ3n) is 3.74. The van der Waals surface area contributed by atoms with Crippen molar-refractivity contribution in [3.63, 3.8) is 0 Å². The molecule has 0 bridgehead atoms. The van der Waals surface area contributed by atoms with Crippen molar-refractivity contribution in [2.75, 3.05) is 0 Å². The van der Waals surface area contributed by atoms with Gasteiger partial charge in [-0.25, -0.2) is 36.1 Å². The Kier molecular flexibility index (Phi) is 5.94. The van der Waals surface area contributed by atoms with Gasteiger partial charge in [0.05, 0.1) is 9.79 Å². The van der Waals surface area contributed by atoms with Crippen LogP contribution in [0.5, 0.6) is 11.6 Å². The van der Waals surface area contributed by atoms with Crippen molar-refractivity contribution in [1.82, 2.24) is 9.71 Å². The normalized spacial score (nSPS) is 11.9. The second-order valence-electron chi connectivity index (χ2n) is 5.91. The lowest BCUT2D eigenvalue weighted by molar-refractivity contribution is 0.457. The van der Waals surface area contributed by atoms with E-state index in [-0.39, 0.29) is 28.0 Å². The van der Waals surface area contributed by atoms with Crippen LogP contribution >= 0.6 is 0 Å². The Bertz CT molecular complexity index is 1210. The fourth-order valence-electron chi connectivity index (χ4n) is 2.30. The Morgan fingerprint density at radius 2 is 1.66 bits per heavy atom. The number of primary sulfonamides is 1. The zero-order valence-corrected chi connectivity index (χ0v) is 16.5. The van der Waals surface area contributed by atoms with Gasteiger partial charge in [0.15, 0.2) is 0 Å². The van der Waals surface area contributed by atoms with Gasteiger partial charge < -0.3 is 4.74 Å². The van der Waals surface area contributed by atoms with Crippen LogP contribution in [-0.2, 0) is 26.6 Å². The minimum absolute atomic E-state index is 0.0491. The van der Waals surface area contributed by atoms with Crippen molar-refractivity contribution in [2.45, 2.75) is 16.3 Å². The molecular weight excluding hydrogens is 421 g/mol. The van der Waals surface area contributed by atoms with Crippen LogP contribution in [0.25, 0.3) is 0 Å². The van der Waals surface area contributed by atoms with Crippen LogP contribution in [0.1, 0.15) is 5.56 Å². The highest BCUT2D eigenvalue weighted by atomic mass is 32.2. The van der Waals surface area contributed by atoms with Crippen LogP contribution < -0.4 is 14.6 Å². The van der Waals surface area contributed by atoms with E-state index < -0.39 is 25.9 Å². The molecule has 29 heavy (non-hydrogen) atoms. The Morgan fingerprint density at radius 3 is 2.24 bits per heavy atom. The first-order chi connectivity index (χ1) is 13.6. The quantitative estimate of drug-likeness (QED) is 0.583. The molecule has 0 spiro atoms. The number of pyridine rings is 1. The maximum Gasteiger partial charge on any atom is 0.240 e. The van der Waals surface area contributed by atoms with Gasteiger partial charge in [-0.15, -0.1) is 0 Å². The molecule has 3 N–H and O–H groups in total. The van der Waals surface area contributed by atoms with Gasteiger partial charge in [0.25, 0.3) is 0 Å². The monoisotopic (exact) mass is 437 g/mol. The van der Waals surface area contributed by atoms with E-state index in [1.54, 1.807) is 12.1 Å². The Balaban J connectivity index is 1.64. The highest BCUT2D eigenvalue weighted by molar-refractivity contribution is 7.89. The van der Waals surface area contributed by atoms with Gasteiger partial charge >= 0.3 is 0 Å². The molecule has 0 atom stereocenters. The van der Waals surface area contributed by atoms with Crippen LogP contribution in [0.2, 0.25) is 0 Å². The van der Waals surface area contributed by atoms with Crippen LogP contribution in [0, 0.1) is 5.82 Å². The van der Waals surface area contributed by atoms with E-state index >= 15 is 0 Å². The molecule has 0 saturated carbocycles. The zero-order chi connectivity index (χ0) is 21.1. The summed E-state index contributed by atoms with van der Waals surface area (Å²) in [7, 11) is -7.78. The van der Waals surface area contributed by atoms with E-state index in [1.807, 2.05) is 0 Å². The maximum absolute atomic E-state index is 13.2. The lowest BCUT2D eigenvalue weighted by atomic mass is 10.3. The smallest absolute Gasteiger partial charge is 0.240 e. The summed E-state index contributed by atoms with van der Waals surface area (Å²) in [6.07, 6.45) is 1.42. The number of hydrogen-bond acceptors (Lipinski definition) is 6. The second-order valence-corrected chi connectivity index (χ2v) is 9.23. The molecular formula is C18H16FN3O5S2. The average molecular weight is 437 g/mol. The molecule has 1 heterocycles. The van der Waals surface area contributed by atoms with Crippen LogP contribution in [-0.4, -0.2) is 21.8 Å². The summed E-state index contributed by atoms with van der Waals surface area (Å²) in [6.45, 7) is -0.0491. The molecule has 2 aromatic carbocycles. The van der Waals surface area contributed by atoms with Gasteiger partial charge in [0, 0.05) is 24.9 Å². The number of sulfonamides is 2. The third kappa shape index (κ3) is 5.57. The lowest BCUT2D eigenvalue weighted by Gasteiger charge is -2.08. The van der Waals surface area contributed by atoms with E-state index in [4.69, 9.17) is 9.88 Å². The summed E-state index contributed by atoms with van der Waals surface area (Å²) in [6, 6.07) is 13.2. The molecule has 0 fully saturated rings. The van der Waals surface area contributed by atoms with Crippen molar-refractivity contribution in [3.8, 4) is 11.6 Å². The van der Waals surface area contributed by atoms with Gasteiger partial charge in [0.2, 0.25) is 25.9 Å². The van der Waals surface area contributed by atoms with Crippen LogP contribution in [0.15, 0.2) is 76.7 Å². The van der Waals surface area contributed by atoms with E-state index in [2.05, 4.69) is 9.71 Å². The third-order valence-corrected chi connectivity index (χ3v) is 6.09. The number of ether oxygens (including phenoxy) is 1. The topological polar surface area (TPSA) is 128 Å². The van der Waals surface area contributed by atoms with Crippen molar-refractivity contribution < 1.29 is 26.0 Å². The molecule has 0 saturated heterocycles. The van der Waals surface area contributed by atoms with E-state index in [0.29, 0.717) is 5.56 Å². The molecule has 0 amide bonds. The van der Waals surface area contributed by atoms with Crippen molar-refractivity contribution in [1.29, 1.82) is 0 Å². The highest BCUT2D eigenvalue weighted by Gasteiger charge is 2.15. The largest absolute Gasteiger partial charge is 0.439 e. The Labute approximate surface area is 167 Å². The minimum Gasteiger partial charge on any atom is -0.439 e. The fraction of sp³-hybridized carbons (Fsp3) is 0.0556. The van der Waals surface area contributed by atoms with E-state index in [0.717, 1.165) is 24.3 Å². The predicted molar refractivity (Wildman–Crippen MR) is 103 cm³/mol. The number of aromatic nitrogens is 1. The number of nitrogens with one attached hydrogen (secondary N) is 1. The molecule has 11 heteroatoms. The lowest BCUT2D eigenvalue weighted by Crippen LogP contribution is -2.23. The van der Waals surface area contributed by atoms with Gasteiger partial charge in [-0.2, -0.15) is 0 Å². The van der Waals surface area contributed by atoms with E-state index in [1.165, 1.54) is 30.5 Å². The molecule has 1 aromatic heterocycles. The summed E-state index contributed by atoms with van der Waals surface area (Å²) in [5, 5.41) is 4.99. The number of halogens is 1. The van der Waals surface area contributed by atoms with Crippen molar-refractivity contribution in [2.24, 2.45) is 5.14 Å². The minimum atomic E-state index is -3.91. The molecule has 0 aliphatic rings. The summed E-state index contributed by atoms with van der Waals surface area (Å²) in [5.41, 5.74) is 0.557. The van der Waals surface area contributed by atoms with Gasteiger partial charge in [0.1, 0.15) is 11.6 Å². The van der Waals surface area contributed by atoms with Gasteiger partial charge in [-0.1, -0.05) is 12.1 Å². The summed E-state index contributed by atoms with van der Waals surface area (Å²) < 4.78 is 68.1. The van der Waals surface area contributed by atoms with Crippen LogP contribution in [0.3, 0.4) is 0 Å². The first kappa shape index (κ1) is 20.9. The number of benzene rings is 2. The van der Waals surface area contributed by atoms with Crippen molar-refractivity contribution >= 4 is 20.0 Å². The fourth-order valence-corrected chi connectivity index (χ4v) is 3.83. The number of rotatable bonds is 7. The number of nitrogens with zero attached hydrogens (tertiary/aromatic N) is 1. The molecule has 0 aliphatic carbocycles. The molecule has 0 radical (unpaired) electrons. The molecule has 3 aromatic rings. The predicted octanol–water partition coefficient (Wildman–Crippen LogP) is 2.14. The maximum atomic E-state index is 13.2. The first-order valence-corrected chi connectivity index (χ1v) is 11.2. The summed E-state index contributed by atoms with van der Waals surface area (Å²) in [4.78, 5) is 3.76.